The van der Waals surface area contributed by atoms with E-state index in [4.69, 9.17) is 32.7 Å². The van der Waals surface area contributed by atoms with Crippen LogP contribution in [-0.4, -0.2) is 17.7 Å². The summed E-state index contributed by atoms with van der Waals surface area (Å²) in [4.78, 5) is 17.4. The zero-order valence-electron chi connectivity index (χ0n) is 17.7. The lowest BCUT2D eigenvalue weighted by atomic mass is 10.1. The molecule has 1 N–H and O–H groups in total. The lowest BCUT2D eigenvalue weighted by molar-refractivity contribution is -0.115. The summed E-state index contributed by atoms with van der Waals surface area (Å²) in [6.45, 7) is 2.70. The molecule has 1 amide bonds. The highest BCUT2D eigenvalue weighted by molar-refractivity contribution is 8.18. The van der Waals surface area contributed by atoms with Crippen LogP contribution in [0.4, 0.5) is 5.69 Å². The summed E-state index contributed by atoms with van der Waals surface area (Å²) in [5.74, 6) is 0.736. The molecule has 0 spiro atoms. The van der Waals surface area contributed by atoms with Gasteiger partial charge < -0.3 is 14.8 Å². The molecule has 0 saturated carbocycles. The number of ether oxygens (including phenoxy) is 2. The normalized spacial score (nSPS) is 15.7. The van der Waals surface area contributed by atoms with Gasteiger partial charge in [-0.2, -0.15) is 0 Å². The van der Waals surface area contributed by atoms with Gasteiger partial charge in [0.25, 0.3) is 5.91 Å². The fourth-order valence-corrected chi connectivity index (χ4v) is 4.37. The maximum absolute atomic E-state index is 12.5. The molecular formula is C25H20Cl2N2O3S. The Labute approximate surface area is 206 Å². The zero-order chi connectivity index (χ0) is 23.2. The number of amidine groups is 1. The number of halogens is 2. The third kappa shape index (κ3) is 5.90. The molecule has 4 rings (SSSR count). The minimum atomic E-state index is -0.246. The fourth-order valence-electron chi connectivity index (χ4n) is 3.09. The molecule has 1 aliphatic rings. The second kappa shape index (κ2) is 10.8. The predicted molar refractivity (Wildman–Crippen MR) is 136 cm³/mol. The van der Waals surface area contributed by atoms with Gasteiger partial charge in [-0.25, -0.2) is 4.99 Å². The predicted octanol–water partition coefficient (Wildman–Crippen LogP) is 6.86. The molecule has 1 aliphatic heterocycles. The van der Waals surface area contributed by atoms with E-state index in [-0.39, 0.29) is 5.91 Å². The molecule has 3 aromatic rings. The lowest BCUT2D eigenvalue weighted by Gasteiger charge is -2.14. The molecule has 1 fully saturated rings. The van der Waals surface area contributed by atoms with E-state index < -0.39 is 0 Å². The standard InChI is InChI=1S/C25H20Cl2N2O3S/c1-2-31-21-13-17(12-19(27)23(21)32-15-16-8-4-3-5-9-16)14-22-24(30)29-25(33-22)28-20-11-7-6-10-18(20)26/h3-14H,2,15H2,1H3,(H,28,29,30)/b22-14+. The van der Waals surface area contributed by atoms with Crippen molar-refractivity contribution in [2.75, 3.05) is 6.61 Å². The number of rotatable bonds is 7. The van der Waals surface area contributed by atoms with Crippen molar-refractivity contribution in [3.63, 3.8) is 0 Å². The first-order valence-corrected chi connectivity index (χ1v) is 11.8. The minimum Gasteiger partial charge on any atom is -0.490 e. The maximum Gasteiger partial charge on any atom is 0.264 e. The van der Waals surface area contributed by atoms with E-state index in [0.717, 1.165) is 5.56 Å². The van der Waals surface area contributed by atoms with Gasteiger partial charge >= 0.3 is 0 Å². The van der Waals surface area contributed by atoms with E-state index in [1.165, 1.54) is 11.8 Å². The van der Waals surface area contributed by atoms with Gasteiger partial charge in [0.2, 0.25) is 0 Å². The summed E-state index contributed by atoms with van der Waals surface area (Å²) in [6.07, 6.45) is 1.74. The highest BCUT2D eigenvalue weighted by Gasteiger charge is 2.24. The summed E-state index contributed by atoms with van der Waals surface area (Å²) in [6, 6.07) is 20.5. The summed E-state index contributed by atoms with van der Waals surface area (Å²) in [5, 5.41) is 4.13. The Morgan fingerprint density at radius 1 is 1.00 bits per heavy atom. The molecule has 168 valence electrons. The van der Waals surface area contributed by atoms with Crippen LogP contribution in [0.1, 0.15) is 18.1 Å². The van der Waals surface area contributed by atoms with Gasteiger partial charge in [0.15, 0.2) is 16.7 Å². The van der Waals surface area contributed by atoms with Crippen molar-refractivity contribution in [1.29, 1.82) is 0 Å². The summed E-state index contributed by atoms with van der Waals surface area (Å²) < 4.78 is 11.7. The van der Waals surface area contributed by atoms with E-state index in [9.17, 15) is 4.79 Å². The zero-order valence-corrected chi connectivity index (χ0v) is 20.0. The first-order chi connectivity index (χ1) is 16.0. The molecule has 0 aromatic heterocycles. The smallest absolute Gasteiger partial charge is 0.264 e. The van der Waals surface area contributed by atoms with Crippen LogP contribution in [0.25, 0.3) is 6.08 Å². The van der Waals surface area contributed by atoms with Gasteiger partial charge in [-0.15, -0.1) is 0 Å². The van der Waals surface area contributed by atoms with E-state index >= 15 is 0 Å². The number of para-hydroxylation sites is 1. The number of hydrogen-bond donors (Lipinski definition) is 1. The van der Waals surface area contributed by atoms with Crippen LogP contribution in [0.3, 0.4) is 0 Å². The van der Waals surface area contributed by atoms with Crippen LogP contribution in [0.5, 0.6) is 11.5 Å². The lowest BCUT2D eigenvalue weighted by Crippen LogP contribution is -2.19. The monoisotopic (exact) mass is 498 g/mol. The van der Waals surface area contributed by atoms with Gasteiger partial charge in [0, 0.05) is 0 Å². The number of nitrogens with zero attached hydrogens (tertiary/aromatic N) is 1. The first kappa shape index (κ1) is 23.2. The van der Waals surface area contributed by atoms with E-state index in [1.807, 2.05) is 49.4 Å². The molecule has 0 aliphatic carbocycles. The average molecular weight is 499 g/mol. The second-order valence-corrected chi connectivity index (χ2v) is 8.82. The Morgan fingerprint density at radius 2 is 1.76 bits per heavy atom. The molecule has 8 heteroatoms. The van der Waals surface area contributed by atoms with Crippen molar-refractivity contribution in [3.8, 4) is 11.5 Å². The van der Waals surface area contributed by atoms with Crippen LogP contribution in [0, 0.1) is 0 Å². The van der Waals surface area contributed by atoms with Crippen LogP contribution < -0.4 is 14.8 Å². The number of amides is 1. The van der Waals surface area contributed by atoms with Gasteiger partial charge in [0.1, 0.15) is 6.61 Å². The molecule has 1 heterocycles. The minimum absolute atomic E-state index is 0.246. The highest BCUT2D eigenvalue weighted by atomic mass is 35.5. The molecule has 3 aromatic carbocycles. The van der Waals surface area contributed by atoms with Crippen molar-refractivity contribution >= 4 is 57.8 Å². The molecule has 1 saturated heterocycles. The highest BCUT2D eigenvalue weighted by Crippen LogP contribution is 2.39. The first-order valence-electron chi connectivity index (χ1n) is 10.2. The quantitative estimate of drug-likeness (QED) is 0.361. The molecule has 5 nitrogen and oxygen atoms in total. The van der Waals surface area contributed by atoms with E-state index in [0.29, 0.717) is 56.1 Å². The largest absolute Gasteiger partial charge is 0.490 e. The third-order valence-electron chi connectivity index (χ3n) is 4.58. The average Bonchev–Trinajstić information content (AvgIpc) is 3.14. The van der Waals surface area contributed by atoms with Crippen LogP contribution in [0.2, 0.25) is 10.0 Å². The Bertz CT molecular complexity index is 1230. The van der Waals surface area contributed by atoms with Crippen molar-refractivity contribution < 1.29 is 14.3 Å². The maximum atomic E-state index is 12.5. The molecule has 0 atom stereocenters. The van der Waals surface area contributed by atoms with Gasteiger partial charge in [-0.1, -0.05) is 65.7 Å². The Balaban J connectivity index is 1.57. The number of aliphatic imine (C=N–C) groups is 1. The Kier molecular flexibility index (Phi) is 7.60. The van der Waals surface area contributed by atoms with Gasteiger partial charge in [0.05, 0.1) is 27.2 Å². The Hall–Kier alpha value is -2.93. The topological polar surface area (TPSA) is 59.9 Å². The van der Waals surface area contributed by atoms with Crippen LogP contribution >= 0.6 is 35.0 Å². The van der Waals surface area contributed by atoms with Crippen molar-refractivity contribution in [3.05, 3.63) is 92.8 Å². The van der Waals surface area contributed by atoms with E-state index in [2.05, 4.69) is 10.3 Å². The molecule has 0 unspecified atom stereocenters. The van der Waals surface area contributed by atoms with Crippen molar-refractivity contribution in [1.82, 2.24) is 5.32 Å². The van der Waals surface area contributed by atoms with Crippen LogP contribution in [-0.2, 0) is 11.4 Å². The summed E-state index contributed by atoms with van der Waals surface area (Å²) >= 11 is 13.9. The van der Waals surface area contributed by atoms with Gasteiger partial charge in [-0.05, 0) is 60.2 Å². The fraction of sp³-hybridized carbons (Fsp3) is 0.120. The number of benzene rings is 3. The molecule has 0 bridgehead atoms. The number of thioether (sulfide) groups is 1. The number of hydrogen-bond acceptors (Lipinski definition) is 5. The Morgan fingerprint density at radius 3 is 2.52 bits per heavy atom. The van der Waals surface area contributed by atoms with Crippen molar-refractivity contribution in [2.24, 2.45) is 4.99 Å². The number of carbonyl (C=O) groups is 1. The summed E-state index contributed by atoms with van der Waals surface area (Å²) in [5.41, 5.74) is 2.32. The second-order valence-electron chi connectivity index (χ2n) is 6.97. The number of nitrogens with one attached hydrogen (secondary N) is 1. The van der Waals surface area contributed by atoms with Crippen molar-refractivity contribution in [2.45, 2.75) is 13.5 Å². The van der Waals surface area contributed by atoms with E-state index in [1.54, 1.807) is 30.3 Å². The SMILES string of the molecule is CCOc1cc(/C=C2/SC(=Nc3ccccc3Cl)NC2=O)cc(Cl)c1OCc1ccccc1. The molecular weight excluding hydrogens is 479 g/mol. The molecule has 0 radical (unpaired) electrons. The van der Waals surface area contributed by atoms with Gasteiger partial charge in [-0.3, -0.25) is 4.79 Å². The third-order valence-corrected chi connectivity index (χ3v) is 6.09. The molecule has 33 heavy (non-hydrogen) atoms. The summed E-state index contributed by atoms with van der Waals surface area (Å²) in [7, 11) is 0. The van der Waals surface area contributed by atoms with Crippen LogP contribution in [0.15, 0.2) is 76.6 Å². The number of carbonyl (C=O) groups excluding carboxylic acids is 1.